The van der Waals surface area contributed by atoms with Crippen LogP contribution in [-0.4, -0.2) is 74.7 Å². The number of anilines is 1. The number of alkyl halides is 3. The van der Waals surface area contributed by atoms with Crippen LogP contribution in [0.2, 0.25) is 4.34 Å². The van der Waals surface area contributed by atoms with E-state index in [1.165, 1.54) is 6.92 Å². The van der Waals surface area contributed by atoms with E-state index in [0.717, 1.165) is 28.0 Å². The SMILES string of the molecule is CC(C)OC(=O)OC(C)OC(=O)C1=C(Sc2ncc(C(F)(F)F)s2)CCC2C(CNC(=O)/C(=N\O)c3nc(N)sc3Cl)C(=O)N12. The van der Waals surface area contributed by atoms with E-state index in [-0.39, 0.29) is 49.5 Å². The largest absolute Gasteiger partial charge is 0.511 e. The molecule has 0 aromatic carbocycles. The summed E-state index contributed by atoms with van der Waals surface area (Å²) >= 11 is 8.00. The molecule has 45 heavy (non-hydrogen) atoms. The number of fused-ring (bicyclic) bond motifs is 1. The number of thioether (sulfide) groups is 1. The fourth-order valence-electron chi connectivity index (χ4n) is 4.36. The van der Waals surface area contributed by atoms with E-state index in [2.05, 4.69) is 20.4 Å². The Balaban J connectivity index is 1.53. The molecule has 2 aromatic rings. The van der Waals surface area contributed by atoms with Crippen molar-refractivity contribution < 1.29 is 51.8 Å². The number of thiazole rings is 2. The first-order valence-corrected chi connectivity index (χ1v) is 15.7. The molecule has 4 rings (SSSR count). The second-order valence-corrected chi connectivity index (χ2v) is 13.6. The van der Waals surface area contributed by atoms with Gasteiger partial charge in [-0.15, -0.1) is 11.3 Å². The number of halogens is 4. The predicted molar refractivity (Wildman–Crippen MR) is 154 cm³/mol. The summed E-state index contributed by atoms with van der Waals surface area (Å²) in [6, 6.07) is -0.623. The number of esters is 1. The van der Waals surface area contributed by atoms with Gasteiger partial charge in [-0.2, -0.15) is 13.2 Å². The molecule has 4 N–H and O–H groups in total. The first-order chi connectivity index (χ1) is 21.1. The summed E-state index contributed by atoms with van der Waals surface area (Å²) in [7, 11) is 0. The van der Waals surface area contributed by atoms with Gasteiger partial charge in [-0.25, -0.2) is 19.6 Å². The van der Waals surface area contributed by atoms with Gasteiger partial charge in [0.15, 0.2) is 15.2 Å². The van der Waals surface area contributed by atoms with Gasteiger partial charge in [0, 0.05) is 18.4 Å². The molecule has 2 aliphatic heterocycles. The van der Waals surface area contributed by atoms with Gasteiger partial charge >= 0.3 is 18.3 Å². The minimum absolute atomic E-state index is 0.00482. The highest BCUT2D eigenvalue weighted by Gasteiger charge is 2.53. The van der Waals surface area contributed by atoms with Gasteiger partial charge in [0.25, 0.3) is 5.91 Å². The molecule has 0 saturated carbocycles. The average molecular weight is 713 g/mol. The van der Waals surface area contributed by atoms with Crippen LogP contribution in [0.3, 0.4) is 0 Å². The number of nitrogens with one attached hydrogen (secondary N) is 1. The fraction of sp³-hybridized carbons (Fsp3) is 0.458. The summed E-state index contributed by atoms with van der Waals surface area (Å²) in [5.41, 5.74) is 4.63. The molecule has 2 aromatic heterocycles. The molecule has 21 heteroatoms. The molecule has 244 valence electrons. The zero-order valence-electron chi connectivity index (χ0n) is 23.4. The van der Waals surface area contributed by atoms with Crippen LogP contribution in [0.15, 0.2) is 26.3 Å². The summed E-state index contributed by atoms with van der Waals surface area (Å²) in [5.74, 6) is -3.42. The first-order valence-electron chi connectivity index (χ1n) is 12.9. The van der Waals surface area contributed by atoms with Crippen molar-refractivity contribution in [2.24, 2.45) is 11.1 Å². The molecule has 3 unspecified atom stereocenters. The average Bonchev–Trinajstić information content (AvgIpc) is 3.54. The Labute approximate surface area is 269 Å². The highest BCUT2D eigenvalue weighted by Crippen LogP contribution is 2.47. The minimum atomic E-state index is -4.62. The van der Waals surface area contributed by atoms with Crippen LogP contribution in [0.5, 0.6) is 0 Å². The normalized spacial score (nSPS) is 19.2. The number of allylic oxidation sites excluding steroid dienone is 1. The predicted octanol–water partition coefficient (Wildman–Crippen LogP) is 4.22. The number of hydrogen-bond donors (Lipinski definition) is 3. The number of aromatic nitrogens is 2. The lowest BCUT2D eigenvalue weighted by atomic mass is 9.81. The summed E-state index contributed by atoms with van der Waals surface area (Å²) in [6.07, 6.45) is -6.63. The van der Waals surface area contributed by atoms with E-state index >= 15 is 0 Å². The Bertz CT molecular complexity index is 1560. The molecule has 1 saturated heterocycles. The molecule has 0 aliphatic carbocycles. The van der Waals surface area contributed by atoms with E-state index in [0.29, 0.717) is 17.5 Å². The van der Waals surface area contributed by atoms with Gasteiger partial charge < -0.3 is 35.4 Å². The van der Waals surface area contributed by atoms with Crippen LogP contribution >= 0.6 is 46.0 Å². The molecule has 3 atom stereocenters. The lowest BCUT2D eigenvalue weighted by Crippen LogP contribution is -2.65. The maximum absolute atomic E-state index is 13.3. The number of ether oxygens (including phenoxy) is 3. The van der Waals surface area contributed by atoms with E-state index in [1.54, 1.807) is 13.8 Å². The standard InChI is InChI=1S/C24H24ClF3N6O8S3/c1-8(2)40-23(38)42-9(3)41-20(37)16-12(43-22-31-7-13(44-22)24(26,27)28)5-4-11-10(19(36)34(11)16)6-30-18(35)15(33-39)14-17(25)45-21(29)32-14/h7-11,39H,4-6H2,1-3H3,(H2,29,32)(H,30,35)/b33-15-. The molecule has 0 radical (unpaired) electrons. The molecule has 14 nitrogen and oxygen atoms in total. The zero-order chi connectivity index (χ0) is 33.2. The van der Waals surface area contributed by atoms with Gasteiger partial charge in [0.05, 0.1) is 24.3 Å². The lowest BCUT2D eigenvalue weighted by Gasteiger charge is -2.50. The van der Waals surface area contributed by atoms with Gasteiger partial charge in [-0.3, -0.25) is 9.59 Å². The number of oxime groups is 1. The molecular weight excluding hydrogens is 689 g/mol. The Kier molecular flexibility index (Phi) is 10.5. The molecule has 2 amide bonds. The Morgan fingerprint density at radius 2 is 1.98 bits per heavy atom. The number of β-lactam (4-membered cyclic amide) rings is 1. The van der Waals surface area contributed by atoms with E-state index < -0.39 is 65.1 Å². The van der Waals surface area contributed by atoms with Crippen LogP contribution < -0.4 is 11.1 Å². The fourth-order valence-corrected chi connectivity index (χ4v) is 7.35. The van der Waals surface area contributed by atoms with Crippen molar-refractivity contribution >= 4 is 80.8 Å². The smallest absolute Gasteiger partial charge is 0.431 e. The van der Waals surface area contributed by atoms with Crippen molar-refractivity contribution in [3.63, 3.8) is 0 Å². The molecular formula is C24H24ClF3N6O8S3. The third kappa shape index (κ3) is 7.79. The van der Waals surface area contributed by atoms with Crippen LogP contribution in [0, 0.1) is 5.92 Å². The summed E-state index contributed by atoms with van der Waals surface area (Å²) in [6.45, 7) is 4.16. The quantitative estimate of drug-likeness (QED) is 0.0794. The number of nitrogens with two attached hydrogens (primary N) is 1. The number of amides is 2. The second-order valence-electron chi connectivity index (χ2n) is 9.62. The molecule has 2 aliphatic rings. The molecule has 0 spiro atoms. The van der Waals surface area contributed by atoms with Gasteiger partial charge in [-0.05, 0) is 26.7 Å². The number of nitrogens with zero attached hydrogens (tertiary/aromatic N) is 4. The first kappa shape index (κ1) is 34.3. The monoisotopic (exact) mass is 712 g/mol. The Morgan fingerprint density at radius 1 is 1.27 bits per heavy atom. The van der Waals surface area contributed by atoms with Crippen molar-refractivity contribution in [1.29, 1.82) is 0 Å². The maximum atomic E-state index is 13.3. The van der Waals surface area contributed by atoms with E-state index in [4.69, 9.17) is 31.5 Å². The van der Waals surface area contributed by atoms with Crippen LogP contribution in [0.4, 0.5) is 23.1 Å². The van der Waals surface area contributed by atoms with Crippen LogP contribution in [0.25, 0.3) is 0 Å². The minimum Gasteiger partial charge on any atom is -0.431 e. The zero-order valence-corrected chi connectivity index (χ0v) is 26.6. The van der Waals surface area contributed by atoms with Crippen LogP contribution in [-0.2, 0) is 34.8 Å². The number of nitrogen functional groups attached to an aromatic ring is 1. The highest BCUT2D eigenvalue weighted by atomic mass is 35.5. The third-order valence-electron chi connectivity index (χ3n) is 6.18. The number of hydrogen-bond acceptors (Lipinski definition) is 15. The van der Waals surface area contributed by atoms with Crippen molar-refractivity contribution in [1.82, 2.24) is 20.2 Å². The van der Waals surface area contributed by atoms with E-state index in [9.17, 15) is 37.6 Å². The Morgan fingerprint density at radius 3 is 2.56 bits per heavy atom. The number of carbonyl (C=O) groups is 4. The van der Waals surface area contributed by atoms with Gasteiger partial charge in [-0.1, -0.05) is 39.9 Å². The third-order valence-corrected chi connectivity index (χ3v) is 9.53. The summed E-state index contributed by atoms with van der Waals surface area (Å²) < 4.78 is 54.5. The highest BCUT2D eigenvalue weighted by molar-refractivity contribution is 8.04. The molecule has 4 heterocycles. The summed E-state index contributed by atoms with van der Waals surface area (Å²) in [5, 5.41) is 14.8. The van der Waals surface area contributed by atoms with Crippen LogP contribution in [0.1, 0.15) is 44.2 Å². The lowest BCUT2D eigenvalue weighted by molar-refractivity contribution is -0.173. The van der Waals surface area contributed by atoms with Crippen molar-refractivity contribution in [2.45, 2.75) is 62.6 Å². The van der Waals surface area contributed by atoms with Crippen molar-refractivity contribution in [3.8, 4) is 0 Å². The van der Waals surface area contributed by atoms with Crippen molar-refractivity contribution in [2.75, 3.05) is 12.3 Å². The topological polar surface area (TPSA) is 196 Å². The summed E-state index contributed by atoms with van der Waals surface area (Å²) in [4.78, 5) is 59.3. The molecule has 0 bridgehead atoms. The van der Waals surface area contributed by atoms with E-state index in [1.807, 2.05) is 0 Å². The maximum Gasteiger partial charge on any atom is 0.511 e. The second kappa shape index (κ2) is 13.8. The molecule has 1 fully saturated rings. The number of rotatable bonds is 10. The van der Waals surface area contributed by atoms with Gasteiger partial charge in [0.2, 0.25) is 12.2 Å². The number of carbonyl (C=O) groups excluding carboxylic acids is 4. The van der Waals surface area contributed by atoms with Crippen molar-refractivity contribution in [3.05, 3.63) is 31.7 Å². The van der Waals surface area contributed by atoms with Gasteiger partial charge in [0.1, 0.15) is 20.6 Å². The Hall–Kier alpha value is -3.62.